The minimum absolute atomic E-state index is 0.000765. The molecule has 3 fully saturated rings. The van der Waals surface area contributed by atoms with Gasteiger partial charge in [-0.1, -0.05) is 12.6 Å². The largest absolute Gasteiger partial charge is 0.433 e. The van der Waals surface area contributed by atoms with E-state index in [1.54, 1.807) is 6.07 Å². The Hall–Kier alpha value is -3.31. The Morgan fingerprint density at radius 3 is 2.32 bits per heavy atom. The van der Waals surface area contributed by atoms with Gasteiger partial charge in [-0.3, -0.25) is 4.98 Å². The molecule has 37 heavy (non-hydrogen) atoms. The fourth-order valence-corrected chi connectivity index (χ4v) is 6.90. The van der Waals surface area contributed by atoms with E-state index in [4.69, 9.17) is 0 Å². The van der Waals surface area contributed by atoms with Crippen LogP contribution in [0.2, 0.25) is 0 Å². The third-order valence-corrected chi connectivity index (χ3v) is 8.79. The van der Waals surface area contributed by atoms with E-state index in [9.17, 15) is 30.4 Å². The molecule has 3 heterocycles. The van der Waals surface area contributed by atoms with Gasteiger partial charge in [0, 0.05) is 30.0 Å². The van der Waals surface area contributed by atoms with Gasteiger partial charge in [0.25, 0.3) is 0 Å². The number of pyridine rings is 1. The predicted octanol–water partition coefficient (Wildman–Crippen LogP) is 5.50. The number of sulfonamides is 1. The van der Waals surface area contributed by atoms with E-state index in [1.807, 2.05) is 0 Å². The summed E-state index contributed by atoms with van der Waals surface area (Å²) in [7, 11) is -3.88. The number of alkyl halides is 3. The Kier molecular flexibility index (Phi) is 6.31. The monoisotopic (exact) mass is 535 g/mol. The molecule has 1 N–H and O–H groups in total. The summed E-state index contributed by atoms with van der Waals surface area (Å²) >= 11 is 0. The van der Waals surface area contributed by atoms with Crippen molar-refractivity contribution in [3.8, 4) is 11.1 Å². The molecule has 5 nitrogen and oxygen atoms in total. The normalized spacial score (nSPS) is 21.5. The molecule has 11 heteroatoms. The molecule has 2 bridgehead atoms. The Balaban J connectivity index is 1.32. The quantitative estimate of drug-likeness (QED) is 0.406. The van der Waals surface area contributed by atoms with E-state index in [0.29, 0.717) is 35.2 Å². The maximum atomic E-state index is 14.3. The van der Waals surface area contributed by atoms with Crippen molar-refractivity contribution in [2.45, 2.75) is 42.5 Å². The van der Waals surface area contributed by atoms with Crippen molar-refractivity contribution in [2.24, 2.45) is 5.92 Å². The first kappa shape index (κ1) is 25.3. The maximum absolute atomic E-state index is 14.3. The second-order valence-electron chi connectivity index (χ2n) is 9.28. The smallest absolute Gasteiger partial charge is 0.383 e. The molecular weight excluding hydrogens is 513 g/mol. The van der Waals surface area contributed by atoms with Crippen LogP contribution in [0, 0.1) is 17.6 Å². The first-order valence-corrected chi connectivity index (χ1v) is 12.9. The Bertz CT molecular complexity index is 1430. The molecule has 2 aromatic carbocycles. The van der Waals surface area contributed by atoms with E-state index in [-0.39, 0.29) is 23.4 Å². The number of benzene rings is 2. The van der Waals surface area contributed by atoms with Crippen molar-refractivity contribution in [3.05, 3.63) is 96.0 Å². The molecular formula is C26H22F5N3O2S. The molecule has 6 rings (SSSR count). The zero-order valence-corrected chi connectivity index (χ0v) is 20.2. The van der Waals surface area contributed by atoms with Gasteiger partial charge in [-0.2, -0.15) is 17.5 Å². The number of hydrogen-bond acceptors (Lipinski definition) is 4. The summed E-state index contributed by atoms with van der Waals surface area (Å²) in [5.41, 5.74) is 0.584. The van der Waals surface area contributed by atoms with Crippen molar-refractivity contribution < 1.29 is 30.4 Å². The highest BCUT2D eigenvalue weighted by molar-refractivity contribution is 7.89. The second-order valence-corrected chi connectivity index (χ2v) is 11.1. The lowest BCUT2D eigenvalue weighted by Crippen LogP contribution is -2.40. The first-order chi connectivity index (χ1) is 17.4. The number of hydrogen-bond donors (Lipinski definition) is 1. The van der Waals surface area contributed by atoms with Gasteiger partial charge >= 0.3 is 6.18 Å². The number of rotatable bonds is 7. The molecule has 3 aromatic rings. The van der Waals surface area contributed by atoms with Crippen LogP contribution >= 0.6 is 0 Å². The van der Waals surface area contributed by atoms with Gasteiger partial charge in [-0.25, -0.2) is 17.2 Å². The number of nitrogens with one attached hydrogen (secondary N) is 1. The van der Waals surface area contributed by atoms with E-state index < -0.39 is 39.6 Å². The lowest BCUT2D eigenvalue weighted by molar-refractivity contribution is -0.141. The van der Waals surface area contributed by atoms with Gasteiger partial charge in [0.15, 0.2) is 0 Å². The molecule has 3 aliphatic rings. The summed E-state index contributed by atoms with van der Waals surface area (Å²) in [6.07, 6.45) is -2.15. The van der Waals surface area contributed by atoms with E-state index >= 15 is 0 Å². The summed E-state index contributed by atoms with van der Waals surface area (Å²) in [6, 6.07) is 10.2. The molecule has 2 aliphatic heterocycles. The predicted molar refractivity (Wildman–Crippen MR) is 126 cm³/mol. The van der Waals surface area contributed by atoms with Crippen molar-refractivity contribution in [1.29, 1.82) is 0 Å². The average molecular weight is 536 g/mol. The van der Waals surface area contributed by atoms with Crippen LogP contribution < -0.4 is 5.32 Å². The van der Waals surface area contributed by atoms with Crippen LogP contribution in [-0.4, -0.2) is 29.8 Å². The van der Waals surface area contributed by atoms with Crippen LogP contribution in [0.15, 0.2) is 78.0 Å². The van der Waals surface area contributed by atoms with Crippen LogP contribution in [0.1, 0.15) is 24.1 Å². The van der Waals surface area contributed by atoms with Crippen molar-refractivity contribution in [2.75, 3.05) is 0 Å². The summed E-state index contributed by atoms with van der Waals surface area (Å²) in [6.45, 7) is 4.17. The third kappa shape index (κ3) is 4.85. The summed E-state index contributed by atoms with van der Waals surface area (Å²) < 4.78 is 94.1. The fraction of sp³-hybridized carbons (Fsp3) is 0.269. The lowest BCUT2D eigenvalue weighted by atomic mass is 9.82. The fourth-order valence-electron chi connectivity index (χ4n) is 5.01. The zero-order valence-electron chi connectivity index (χ0n) is 19.3. The molecule has 0 unspecified atom stereocenters. The highest BCUT2D eigenvalue weighted by Gasteiger charge is 2.56. The molecule has 1 aromatic heterocycles. The Morgan fingerprint density at radius 1 is 1.00 bits per heavy atom. The van der Waals surface area contributed by atoms with Gasteiger partial charge in [-0.15, -0.1) is 0 Å². The molecule has 194 valence electrons. The first-order valence-electron chi connectivity index (χ1n) is 11.5. The van der Waals surface area contributed by atoms with Crippen molar-refractivity contribution in [1.82, 2.24) is 14.6 Å². The standard InChI is InChI=1S/C26H22F5N3O2S/c1-15(25-19-11-22(12-19)34(25)37(35,36)23-5-3-20(27)4-6-23)32-13-16-8-18(10-21(28)9-16)17-2-7-24(33-14-17)26(29,30)31/h2-10,14,19,22,25,32H,1,11-13H2/t19?,22?,25-/m1/s1. The Labute approximate surface area is 210 Å². The van der Waals surface area contributed by atoms with Crippen LogP contribution in [-0.2, 0) is 22.7 Å². The number of halogens is 5. The van der Waals surface area contributed by atoms with E-state index in [0.717, 1.165) is 24.4 Å². The average Bonchev–Trinajstić information content (AvgIpc) is 3.40. The van der Waals surface area contributed by atoms with Gasteiger partial charge in [0.05, 0.1) is 10.9 Å². The highest BCUT2D eigenvalue weighted by Crippen LogP contribution is 2.50. The van der Waals surface area contributed by atoms with Crippen molar-refractivity contribution >= 4 is 10.0 Å². The summed E-state index contributed by atoms with van der Waals surface area (Å²) in [5.74, 6) is -1.03. The van der Waals surface area contributed by atoms with Crippen LogP contribution in [0.4, 0.5) is 22.0 Å². The molecule has 0 radical (unpaired) electrons. The van der Waals surface area contributed by atoms with Gasteiger partial charge < -0.3 is 5.32 Å². The van der Waals surface area contributed by atoms with Crippen LogP contribution in [0.25, 0.3) is 11.1 Å². The second kappa shape index (κ2) is 9.21. The minimum Gasteiger partial charge on any atom is -0.383 e. The van der Waals surface area contributed by atoms with E-state index in [2.05, 4.69) is 16.9 Å². The van der Waals surface area contributed by atoms with E-state index in [1.165, 1.54) is 34.6 Å². The van der Waals surface area contributed by atoms with Crippen molar-refractivity contribution in [3.63, 3.8) is 0 Å². The minimum atomic E-state index is -4.57. The van der Waals surface area contributed by atoms with Gasteiger partial charge in [0.2, 0.25) is 10.0 Å². The maximum Gasteiger partial charge on any atom is 0.433 e. The SMILES string of the molecule is C=C(NCc1cc(F)cc(-c2ccc(C(F)(F)F)nc2)c1)[C@@H]1C2CC(C2)N1S(=O)(=O)c1ccc(F)cc1. The number of aromatic nitrogens is 1. The number of nitrogens with zero attached hydrogens (tertiary/aromatic N) is 2. The highest BCUT2D eigenvalue weighted by atomic mass is 32.2. The number of fused-ring (bicyclic) bond motifs is 1. The lowest BCUT2D eigenvalue weighted by Gasteiger charge is -2.26. The third-order valence-electron chi connectivity index (χ3n) is 6.84. The summed E-state index contributed by atoms with van der Waals surface area (Å²) in [4.78, 5) is 3.43. The van der Waals surface area contributed by atoms with Crippen LogP contribution in [0.3, 0.4) is 0 Å². The summed E-state index contributed by atoms with van der Waals surface area (Å²) in [5, 5.41) is 3.10. The molecule has 1 aliphatic carbocycles. The molecule has 0 amide bonds. The van der Waals surface area contributed by atoms with Gasteiger partial charge in [0.1, 0.15) is 17.3 Å². The zero-order chi connectivity index (χ0) is 26.5. The molecule has 2 saturated heterocycles. The Morgan fingerprint density at radius 2 is 1.70 bits per heavy atom. The molecule has 1 saturated carbocycles. The van der Waals surface area contributed by atoms with Crippen LogP contribution in [0.5, 0.6) is 0 Å². The molecule has 0 spiro atoms. The topological polar surface area (TPSA) is 62.3 Å². The van der Waals surface area contributed by atoms with Gasteiger partial charge in [-0.05, 0) is 78.4 Å². The molecule has 1 atom stereocenters.